The van der Waals surface area contributed by atoms with Gasteiger partial charge in [0.05, 0.1) is 6.20 Å². The van der Waals surface area contributed by atoms with Crippen LogP contribution in [0.3, 0.4) is 0 Å². The number of nitrogens with zero attached hydrogens (tertiary/aromatic N) is 5. The van der Waals surface area contributed by atoms with Gasteiger partial charge in [0.2, 0.25) is 0 Å². The molecule has 1 fully saturated rings. The van der Waals surface area contributed by atoms with Crippen LogP contribution in [0, 0.1) is 12.7 Å². The summed E-state index contributed by atoms with van der Waals surface area (Å²) < 4.78 is 15.2. The zero-order valence-electron chi connectivity index (χ0n) is 16.3. The molecule has 0 aliphatic carbocycles. The number of benzene rings is 2. The molecule has 1 saturated heterocycles. The lowest BCUT2D eigenvalue weighted by atomic mass is 10.1. The van der Waals surface area contributed by atoms with Crippen molar-refractivity contribution in [3.63, 3.8) is 0 Å². The molecule has 2 aromatic carbocycles. The van der Waals surface area contributed by atoms with E-state index in [9.17, 15) is 4.39 Å². The highest BCUT2D eigenvalue weighted by molar-refractivity contribution is 5.57. The van der Waals surface area contributed by atoms with Crippen LogP contribution in [-0.2, 0) is 6.54 Å². The van der Waals surface area contributed by atoms with Crippen molar-refractivity contribution in [2.75, 3.05) is 37.6 Å². The minimum atomic E-state index is -0.253. The van der Waals surface area contributed by atoms with E-state index in [0.29, 0.717) is 5.69 Å². The molecule has 0 bridgehead atoms. The van der Waals surface area contributed by atoms with Gasteiger partial charge in [-0.15, -0.1) is 5.10 Å². The van der Waals surface area contributed by atoms with Crippen LogP contribution in [0.25, 0.3) is 11.3 Å². The van der Waals surface area contributed by atoms with Crippen LogP contribution >= 0.6 is 0 Å². The largest absolute Gasteiger partial charge is 0.369 e. The van der Waals surface area contributed by atoms with Gasteiger partial charge in [0.1, 0.15) is 11.5 Å². The third kappa shape index (κ3) is 4.39. The molecule has 0 N–H and O–H groups in total. The number of aromatic nitrogens is 3. The minimum Gasteiger partial charge on any atom is -0.369 e. The number of hydrogen-bond donors (Lipinski definition) is 0. The number of piperazine rings is 1. The minimum absolute atomic E-state index is 0.253. The lowest BCUT2D eigenvalue weighted by molar-refractivity contribution is 0.248. The molecule has 146 valence electrons. The Balaban J connectivity index is 1.24. The topological polar surface area (TPSA) is 37.2 Å². The second-order valence-corrected chi connectivity index (χ2v) is 7.35. The van der Waals surface area contributed by atoms with E-state index < -0.39 is 0 Å². The first kappa shape index (κ1) is 18.6. The number of rotatable bonds is 6. The number of para-hydroxylation sites is 1. The van der Waals surface area contributed by atoms with E-state index in [4.69, 9.17) is 0 Å². The lowest BCUT2D eigenvalue weighted by Gasteiger charge is -2.36. The molecule has 0 spiro atoms. The first-order valence-corrected chi connectivity index (χ1v) is 9.88. The molecule has 1 aromatic heterocycles. The molecule has 4 rings (SSSR count). The number of aryl methyl sites for hydroxylation is 2. The van der Waals surface area contributed by atoms with Gasteiger partial charge in [0.25, 0.3) is 0 Å². The highest BCUT2D eigenvalue weighted by Crippen LogP contribution is 2.21. The van der Waals surface area contributed by atoms with E-state index in [1.807, 2.05) is 16.9 Å². The Kier molecular flexibility index (Phi) is 5.67. The molecule has 1 aliphatic heterocycles. The SMILES string of the molecule is Cc1ccccc1N1CCN(CCCn2cc(-c3cccc(F)c3)nn2)CC1. The zero-order chi connectivity index (χ0) is 19.3. The zero-order valence-corrected chi connectivity index (χ0v) is 16.3. The van der Waals surface area contributed by atoms with Gasteiger partial charge in [-0.2, -0.15) is 0 Å². The Labute approximate surface area is 165 Å². The molecule has 0 unspecified atom stereocenters. The van der Waals surface area contributed by atoms with Crippen LogP contribution in [-0.4, -0.2) is 52.6 Å². The van der Waals surface area contributed by atoms with Crippen molar-refractivity contribution >= 4 is 5.69 Å². The highest BCUT2D eigenvalue weighted by atomic mass is 19.1. The summed E-state index contributed by atoms with van der Waals surface area (Å²) in [6.07, 6.45) is 2.92. The number of halogens is 1. The standard InChI is InChI=1S/C22H26FN5/c1-18-6-2-3-9-22(18)27-14-12-26(13-15-27)10-5-11-28-17-21(24-25-28)19-7-4-8-20(23)16-19/h2-4,6-9,16-17H,5,10-15H2,1H3. The monoisotopic (exact) mass is 379 g/mol. The number of hydrogen-bond acceptors (Lipinski definition) is 4. The molecular weight excluding hydrogens is 353 g/mol. The maximum absolute atomic E-state index is 13.4. The normalized spacial score (nSPS) is 15.1. The van der Waals surface area contributed by atoms with E-state index in [1.54, 1.807) is 6.07 Å². The highest BCUT2D eigenvalue weighted by Gasteiger charge is 2.17. The Morgan fingerprint density at radius 2 is 1.79 bits per heavy atom. The third-order valence-electron chi connectivity index (χ3n) is 5.35. The van der Waals surface area contributed by atoms with E-state index in [-0.39, 0.29) is 5.82 Å². The van der Waals surface area contributed by atoms with Gasteiger partial charge in [0.15, 0.2) is 0 Å². The van der Waals surface area contributed by atoms with E-state index in [2.05, 4.69) is 51.3 Å². The fourth-order valence-corrected chi connectivity index (χ4v) is 3.77. The van der Waals surface area contributed by atoms with Crippen molar-refractivity contribution < 1.29 is 4.39 Å². The van der Waals surface area contributed by atoms with Gasteiger partial charge < -0.3 is 4.90 Å². The second-order valence-electron chi connectivity index (χ2n) is 7.35. The van der Waals surface area contributed by atoms with Gasteiger partial charge in [-0.05, 0) is 37.1 Å². The quantitative estimate of drug-likeness (QED) is 0.656. The molecule has 0 amide bonds. The molecule has 28 heavy (non-hydrogen) atoms. The summed E-state index contributed by atoms with van der Waals surface area (Å²) in [6, 6.07) is 15.1. The lowest BCUT2D eigenvalue weighted by Crippen LogP contribution is -2.47. The molecule has 0 atom stereocenters. The van der Waals surface area contributed by atoms with Gasteiger partial charge in [-0.25, -0.2) is 4.39 Å². The summed E-state index contributed by atoms with van der Waals surface area (Å²) in [4.78, 5) is 4.99. The fourth-order valence-electron chi connectivity index (χ4n) is 3.77. The predicted octanol–water partition coefficient (Wildman–Crippen LogP) is 3.60. The summed E-state index contributed by atoms with van der Waals surface area (Å²) in [6.45, 7) is 8.35. The fraction of sp³-hybridized carbons (Fsp3) is 0.364. The Bertz CT molecular complexity index is 915. The Morgan fingerprint density at radius 1 is 0.964 bits per heavy atom. The summed E-state index contributed by atoms with van der Waals surface area (Å²) in [7, 11) is 0. The van der Waals surface area contributed by atoms with Crippen molar-refractivity contribution in [3.8, 4) is 11.3 Å². The predicted molar refractivity (Wildman–Crippen MR) is 110 cm³/mol. The van der Waals surface area contributed by atoms with Crippen molar-refractivity contribution in [2.45, 2.75) is 19.9 Å². The van der Waals surface area contributed by atoms with Gasteiger partial charge >= 0.3 is 0 Å². The van der Waals surface area contributed by atoms with Crippen LogP contribution < -0.4 is 4.90 Å². The van der Waals surface area contributed by atoms with E-state index >= 15 is 0 Å². The molecule has 2 heterocycles. The molecule has 0 saturated carbocycles. The van der Waals surface area contributed by atoms with Gasteiger partial charge in [0, 0.05) is 50.5 Å². The maximum atomic E-state index is 13.4. The Morgan fingerprint density at radius 3 is 2.57 bits per heavy atom. The first-order valence-electron chi connectivity index (χ1n) is 9.88. The second kappa shape index (κ2) is 8.52. The molecular formula is C22H26FN5. The molecule has 0 radical (unpaired) electrons. The number of anilines is 1. The van der Waals surface area contributed by atoms with Crippen LogP contribution in [0.2, 0.25) is 0 Å². The molecule has 6 heteroatoms. The summed E-state index contributed by atoms with van der Waals surface area (Å²) in [5.41, 5.74) is 4.18. The smallest absolute Gasteiger partial charge is 0.123 e. The summed E-state index contributed by atoms with van der Waals surface area (Å²) in [5, 5.41) is 8.35. The summed E-state index contributed by atoms with van der Waals surface area (Å²) in [5.74, 6) is -0.253. The van der Waals surface area contributed by atoms with Crippen molar-refractivity contribution in [2.24, 2.45) is 0 Å². The molecule has 3 aromatic rings. The van der Waals surface area contributed by atoms with Gasteiger partial charge in [-0.1, -0.05) is 35.5 Å². The average molecular weight is 379 g/mol. The van der Waals surface area contributed by atoms with Crippen LogP contribution in [0.15, 0.2) is 54.7 Å². The van der Waals surface area contributed by atoms with Crippen molar-refractivity contribution in [3.05, 3.63) is 66.1 Å². The van der Waals surface area contributed by atoms with Crippen molar-refractivity contribution in [1.29, 1.82) is 0 Å². The van der Waals surface area contributed by atoms with Crippen LogP contribution in [0.1, 0.15) is 12.0 Å². The van der Waals surface area contributed by atoms with E-state index in [0.717, 1.165) is 51.3 Å². The van der Waals surface area contributed by atoms with E-state index in [1.165, 1.54) is 23.4 Å². The molecule has 1 aliphatic rings. The first-order chi connectivity index (χ1) is 13.7. The summed E-state index contributed by atoms with van der Waals surface area (Å²) >= 11 is 0. The maximum Gasteiger partial charge on any atom is 0.123 e. The van der Waals surface area contributed by atoms with Crippen LogP contribution in [0.5, 0.6) is 0 Å². The Hall–Kier alpha value is -2.73. The third-order valence-corrected chi connectivity index (χ3v) is 5.35. The average Bonchev–Trinajstić information content (AvgIpc) is 3.18. The van der Waals surface area contributed by atoms with Crippen LogP contribution in [0.4, 0.5) is 10.1 Å². The van der Waals surface area contributed by atoms with Gasteiger partial charge in [-0.3, -0.25) is 9.58 Å². The van der Waals surface area contributed by atoms with Crippen molar-refractivity contribution in [1.82, 2.24) is 19.9 Å². The molecule has 5 nitrogen and oxygen atoms in total.